The number of anilines is 4. The standard InChI is InChI=1S/C22H24FN5/c1-14-12-21(28(2)18-9-6-16(23)7-10-18)27-22(25-14)26-17-8-11-19-15(13-17)4-3-5-20(19)24/h3-7,9-10,12,17H,8,11,13,24H2,1-2H3,(H,25,26,27)/t17-/m1/s1. The van der Waals surface area contributed by atoms with Gasteiger partial charge < -0.3 is 16.0 Å². The first-order chi connectivity index (χ1) is 13.5. The highest BCUT2D eigenvalue weighted by Crippen LogP contribution is 2.28. The highest BCUT2D eigenvalue weighted by atomic mass is 19.1. The molecule has 3 N–H and O–H groups in total. The largest absolute Gasteiger partial charge is 0.398 e. The molecule has 0 radical (unpaired) electrons. The summed E-state index contributed by atoms with van der Waals surface area (Å²) in [6.45, 7) is 1.95. The molecule has 2 aromatic carbocycles. The van der Waals surface area contributed by atoms with Crippen molar-refractivity contribution in [3.8, 4) is 0 Å². The molecule has 0 saturated carbocycles. The fourth-order valence-corrected chi connectivity index (χ4v) is 3.73. The fraction of sp³-hybridized carbons (Fsp3) is 0.273. The van der Waals surface area contributed by atoms with Gasteiger partial charge in [0, 0.05) is 36.2 Å². The van der Waals surface area contributed by atoms with Crippen molar-refractivity contribution < 1.29 is 4.39 Å². The lowest BCUT2D eigenvalue weighted by atomic mass is 9.87. The Bertz CT molecular complexity index is 987. The van der Waals surface area contributed by atoms with Gasteiger partial charge in [-0.15, -0.1) is 0 Å². The van der Waals surface area contributed by atoms with Crippen LogP contribution in [-0.2, 0) is 12.8 Å². The van der Waals surface area contributed by atoms with Gasteiger partial charge in [-0.25, -0.2) is 9.37 Å². The molecule has 144 valence electrons. The molecule has 0 bridgehead atoms. The van der Waals surface area contributed by atoms with Gasteiger partial charge in [0.05, 0.1) is 0 Å². The van der Waals surface area contributed by atoms with E-state index in [4.69, 9.17) is 5.73 Å². The van der Waals surface area contributed by atoms with Crippen LogP contribution in [0.4, 0.5) is 27.5 Å². The number of rotatable bonds is 4. The smallest absolute Gasteiger partial charge is 0.225 e. The summed E-state index contributed by atoms with van der Waals surface area (Å²) in [5.74, 6) is 1.12. The van der Waals surface area contributed by atoms with E-state index in [9.17, 15) is 4.39 Å². The van der Waals surface area contributed by atoms with Gasteiger partial charge in [-0.2, -0.15) is 4.98 Å². The summed E-state index contributed by atoms with van der Waals surface area (Å²) in [4.78, 5) is 11.2. The van der Waals surface area contributed by atoms with Crippen LogP contribution in [0.5, 0.6) is 0 Å². The Morgan fingerprint density at radius 2 is 1.93 bits per heavy atom. The van der Waals surface area contributed by atoms with E-state index in [-0.39, 0.29) is 11.9 Å². The average molecular weight is 377 g/mol. The molecule has 1 aromatic heterocycles. The Labute approximate surface area is 164 Å². The van der Waals surface area contributed by atoms with Gasteiger partial charge in [0.15, 0.2) is 0 Å². The number of nitrogen functional groups attached to an aromatic ring is 1. The number of nitrogens with two attached hydrogens (primary N) is 1. The van der Waals surface area contributed by atoms with E-state index in [1.54, 1.807) is 12.1 Å². The maximum Gasteiger partial charge on any atom is 0.225 e. The Balaban J connectivity index is 1.54. The zero-order valence-electron chi connectivity index (χ0n) is 16.1. The van der Waals surface area contributed by atoms with Crippen LogP contribution in [0.2, 0.25) is 0 Å². The number of benzene rings is 2. The molecule has 1 heterocycles. The monoisotopic (exact) mass is 377 g/mol. The molecular weight excluding hydrogens is 353 g/mol. The Morgan fingerprint density at radius 1 is 1.14 bits per heavy atom. The first kappa shape index (κ1) is 18.2. The molecule has 0 spiro atoms. The number of hydrogen-bond acceptors (Lipinski definition) is 5. The molecule has 0 unspecified atom stereocenters. The number of aromatic nitrogens is 2. The van der Waals surface area contributed by atoms with Crippen LogP contribution in [-0.4, -0.2) is 23.1 Å². The van der Waals surface area contributed by atoms with E-state index in [2.05, 4.69) is 21.4 Å². The molecule has 4 rings (SSSR count). The summed E-state index contributed by atoms with van der Waals surface area (Å²) in [7, 11) is 1.92. The Hall–Kier alpha value is -3.15. The van der Waals surface area contributed by atoms with E-state index in [0.29, 0.717) is 5.95 Å². The van der Waals surface area contributed by atoms with Crippen LogP contribution in [0.1, 0.15) is 23.2 Å². The third kappa shape index (κ3) is 3.76. The van der Waals surface area contributed by atoms with Crippen LogP contribution in [0.25, 0.3) is 0 Å². The minimum Gasteiger partial charge on any atom is -0.398 e. The minimum atomic E-state index is -0.253. The van der Waals surface area contributed by atoms with E-state index < -0.39 is 0 Å². The SMILES string of the molecule is Cc1cc(N(C)c2ccc(F)cc2)nc(N[C@@H]2CCc3c(N)cccc3C2)n1. The van der Waals surface area contributed by atoms with Crippen molar-refractivity contribution in [2.24, 2.45) is 0 Å². The van der Waals surface area contributed by atoms with Crippen molar-refractivity contribution in [1.29, 1.82) is 0 Å². The first-order valence-corrected chi connectivity index (χ1v) is 9.47. The van der Waals surface area contributed by atoms with Crippen molar-refractivity contribution in [3.63, 3.8) is 0 Å². The normalized spacial score (nSPS) is 15.8. The molecule has 1 atom stereocenters. The third-order valence-electron chi connectivity index (χ3n) is 5.25. The van der Waals surface area contributed by atoms with Crippen LogP contribution in [0, 0.1) is 12.7 Å². The second kappa shape index (κ2) is 7.46. The van der Waals surface area contributed by atoms with Crippen molar-refractivity contribution >= 4 is 23.1 Å². The molecule has 0 aliphatic heterocycles. The lowest BCUT2D eigenvalue weighted by Gasteiger charge is -2.27. The summed E-state index contributed by atoms with van der Waals surface area (Å²) < 4.78 is 13.2. The Morgan fingerprint density at radius 3 is 2.71 bits per heavy atom. The van der Waals surface area contributed by atoms with E-state index in [1.165, 1.54) is 23.3 Å². The molecule has 0 saturated heterocycles. The maximum absolute atomic E-state index is 13.2. The quantitative estimate of drug-likeness (QED) is 0.666. The highest BCUT2D eigenvalue weighted by Gasteiger charge is 2.21. The summed E-state index contributed by atoms with van der Waals surface area (Å²) in [6, 6.07) is 14.7. The molecule has 28 heavy (non-hydrogen) atoms. The zero-order valence-corrected chi connectivity index (χ0v) is 16.1. The van der Waals surface area contributed by atoms with Gasteiger partial charge in [0.2, 0.25) is 5.95 Å². The van der Waals surface area contributed by atoms with Gasteiger partial charge >= 0.3 is 0 Å². The van der Waals surface area contributed by atoms with Crippen LogP contribution in [0.15, 0.2) is 48.5 Å². The molecule has 0 amide bonds. The number of fused-ring (bicyclic) bond motifs is 1. The molecular formula is C22H24FN5. The van der Waals surface area contributed by atoms with Gasteiger partial charge in [0.25, 0.3) is 0 Å². The van der Waals surface area contributed by atoms with Gasteiger partial charge in [-0.3, -0.25) is 0 Å². The summed E-state index contributed by atoms with van der Waals surface area (Å²) in [6.07, 6.45) is 2.84. The molecule has 1 aliphatic carbocycles. The van der Waals surface area contributed by atoms with Crippen molar-refractivity contribution in [1.82, 2.24) is 9.97 Å². The highest BCUT2D eigenvalue weighted by molar-refractivity contribution is 5.60. The molecule has 1 aliphatic rings. The van der Waals surface area contributed by atoms with Crippen molar-refractivity contribution in [2.45, 2.75) is 32.2 Å². The zero-order chi connectivity index (χ0) is 19.7. The summed E-state index contributed by atoms with van der Waals surface area (Å²) in [5.41, 5.74) is 11.3. The Kier molecular flexibility index (Phi) is 4.86. The second-order valence-electron chi connectivity index (χ2n) is 7.30. The maximum atomic E-state index is 13.2. The lowest BCUT2D eigenvalue weighted by Crippen LogP contribution is -2.29. The van der Waals surface area contributed by atoms with Crippen LogP contribution < -0.4 is 16.0 Å². The van der Waals surface area contributed by atoms with Gasteiger partial charge in [0.1, 0.15) is 11.6 Å². The second-order valence-corrected chi connectivity index (χ2v) is 7.30. The summed E-state index contributed by atoms with van der Waals surface area (Å²) in [5, 5.41) is 3.49. The lowest BCUT2D eigenvalue weighted by molar-refractivity contribution is 0.607. The van der Waals surface area contributed by atoms with E-state index in [0.717, 1.165) is 42.1 Å². The predicted molar refractivity (Wildman–Crippen MR) is 112 cm³/mol. The van der Waals surface area contributed by atoms with Crippen molar-refractivity contribution in [3.05, 3.63) is 71.2 Å². The first-order valence-electron chi connectivity index (χ1n) is 9.47. The average Bonchev–Trinajstić information content (AvgIpc) is 2.68. The number of nitrogens with zero attached hydrogens (tertiary/aromatic N) is 3. The number of nitrogens with one attached hydrogen (secondary N) is 1. The molecule has 6 heteroatoms. The van der Waals surface area contributed by atoms with E-state index >= 15 is 0 Å². The topological polar surface area (TPSA) is 67.1 Å². The number of hydrogen-bond donors (Lipinski definition) is 2. The molecule has 0 fully saturated rings. The molecule has 3 aromatic rings. The molecule has 5 nitrogen and oxygen atoms in total. The number of halogens is 1. The number of aryl methyl sites for hydroxylation is 1. The van der Waals surface area contributed by atoms with Crippen LogP contribution in [0.3, 0.4) is 0 Å². The predicted octanol–water partition coefficient (Wildman–Crippen LogP) is 4.24. The van der Waals surface area contributed by atoms with Gasteiger partial charge in [-0.05, 0) is 67.6 Å². The summed E-state index contributed by atoms with van der Waals surface area (Å²) >= 11 is 0. The fourth-order valence-electron chi connectivity index (χ4n) is 3.73. The van der Waals surface area contributed by atoms with E-state index in [1.807, 2.05) is 37.1 Å². The van der Waals surface area contributed by atoms with Crippen LogP contribution >= 0.6 is 0 Å². The third-order valence-corrected chi connectivity index (χ3v) is 5.25. The minimum absolute atomic E-state index is 0.253. The van der Waals surface area contributed by atoms with Gasteiger partial charge in [-0.1, -0.05) is 12.1 Å². The van der Waals surface area contributed by atoms with Crippen molar-refractivity contribution in [2.75, 3.05) is 23.0 Å².